The molecule has 0 spiro atoms. The zero-order valence-electron chi connectivity index (χ0n) is 15.7. The molecule has 2 aromatic rings. The number of piperidine rings is 1. The first kappa shape index (κ1) is 21.2. The molecule has 1 aliphatic rings. The van der Waals surface area contributed by atoms with E-state index in [0.29, 0.717) is 18.3 Å². The van der Waals surface area contributed by atoms with E-state index in [1.165, 1.54) is 0 Å². The van der Waals surface area contributed by atoms with Crippen LogP contribution in [0.1, 0.15) is 26.2 Å². The van der Waals surface area contributed by atoms with E-state index in [1.54, 1.807) is 0 Å². The van der Waals surface area contributed by atoms with E-state index in [4.69, 9.17) is 0 Å². The van der Waals surface area contributed by atoms with Crippen LogP contribution >= 0.6 is 12.4 Å². The smallest absolute Gasteiger partial charge is 0.243 e. The van der Waals surface area contributed by atoms with Gasteiger partial charge in [0, 0.05) is 17.5 Å². The maximum Gasteiger partial charge on any atom is 0.243 e. The van der Waals surface area contributed by atoms with Crippen molar-refractivity contribution in [2.24, 2.45) is 11.8 Å². The van der Waals surface area contributed by atoms with Gasteiger partial charge in [-0.1, -0.05) is 43.3 Å². The van der Waals surface area contributed by atoms with E-state index in [-0.39, 0.29) is 30.8 Å². The molecule has 2 amide bonds. The lowest BCUT2D eigenvalue weighted by Gasteiger charge is -2.27. The summed E-state index contributed by atoms with van der Waals surface area (Å²) in [5.74, 6) is 0.679. The summed E-state index contributed by atoms with van der Waals surface area (Å²) in [5.41, 5.74) is 0.769. The lowest BCUT2D eigenvalue weighted by atomic mass is 9.84. The Morgan fingerprint density at radius 1 is 1.07 bits per heavy atom. The fourth-order valence-corrected chi connectivity index (χ4v) is 3.65. The van der Waals surface area contributed by atoms with E-state index >= 15 is 0 Å². The monoisotopic (exact) mass is 389 g/mol. The second-order valence-corrected chi connectivity index (χ2v) is 7.12. The summed E-state index contributed by atoms with van der Waals surface area (Å²) < 4.78 is 0. The number of nitrogens with one attached hydrogen (secondary N) is 3. The normalized spacial score (nSPS) is 15.6. The Hall–Kier alpha value is -2.11. The van der Waals surface area contributed by atoms with Crippen LogP contribution in [0.25, 0.3) is 10.8 Å². The Balaban J connectivity index is 0.00000261. The number of hydrogen-bond acceptors (Lipinski definition) is 3. The van der Waals surface area contributed by atoms with Gasteiger partial charge in [0.15, 0.2) is 0 Å². The topological polar surface area (TPSA) is 70.2 Å². The van der Waals surface area contributed by atoms with Gasteiger partial charge in [-0.3, -0.25) is 9.59 Å². The van der Waals surface area contributed by atoms with Crippen LogP contribution in [0.3, 0.4) is 0 Å². The number of amides is 2. The average Bonchev–Trinajstić information content (AvgIpc) is 2.67. The molecule has 1 aliphatic heterocycles. The van der Waals surface area contributed by atoms with Gasteiger partial charge in [0.1, 0.15) is 0 Å². The summed E-state index contributed by atoms with van der Waals surface area (Å²) in [6.45, 7) is 4.20. The highest BCUT2D eigenvalue weighted by Crippen LogP contribution is 2.24. The van der Waals surface area contributed by atoms with Gasteiger partial charge in [-0.2, -0.15) is 0 Å². The molecule has 0 aromatic heterocycles. The Morgan fingerprint density at radius 3 is 2.56 bits per heavy atom. The molecule has 0 bridgehead atoms. The highest BCUT2D eigenvalue weighted by Gasteiger charge is 2.22. The van der Waals surface area contributed by atoms with Crippen LogP contribution in [0.5, 0.6) is 0 Å². The zero-order chi connectivity index (χ0) is 18.4. The predicted molar refractivity (Wildman–Crippen MR) is 112 cm³/mol. The molecule has 1 fully saturated rings. The highest BCUT2D eigenvalue weighted by atomic mass is 35.5. The Bertz CT molecular complexity index is 770. The standard InChI is InChI=1S/C21H27N3O2.ClH/c1-15(16-9-11-22-12-10-16)13-20(25)23-14-21(26)24-19-8-4-6-17-5-2-3-7-18(17)19;/h2-8,15-16,22H,9-14H2,1H3,(H,23,25)(H,24,26);1H. The van der Waals surface area contributed by atoms with Gasteiger partial charge in [0.2, 0.25) is 11.8 Å². The van der Waals surface area contributed by atoms with Crippen molar-refractivity contribution in [3.8, 4) is 0 Å². The van der Waals surface area contributed by atoms with Crippen LogP contribution in [0.4, 0.5) is 5.69 Å². The Morgan fingerprint density at radius 2 is 1.78 bits per heavy atom. The molecule has 0 aliphatic carbocycles. The molecule has 27 heavy (non-hydrogen) atoms. The summed E-state index contributed by atoms with van der Waals surface area (Å²) in [6, 6.07) is 13.7. The van der Waals surface area contributed by atoms with Gasteiger partial charge in [-0.05, 0) is 49.2 Å². The lowest BCUT2D eigenvalue weighted by molar-refractivity contribution is -0.125. The van der Waals surface area contributed by atoms with Gasteiger partial charge in [-0.25, -0.2) is 0 Å². The maximum absolute atomic E-state index is 12.2. The minimum Gasteiger partial charge on any atom is -0.347 e. The van der Waals surface area contributed by atoms with Crippen molar-refractivity contribution in [1.82, 2.24) is 10.6 Å². The van der Waals surface area contributed by atoms with Crippen LogP contribution in [0.2, 0.25) is 0 Å². The SMILES string of the molecule is CC(CC(=O)NCC(=O)Nc1cccc2ccccc12)C1CCNCC1.Cl. The molecule has 2 aromatic carbocycles. The average molecular weight is 390 g/mol. The van der Waals surface area contributed by atoms with Gasteiger partial charge in [-0.15, -0.1) is 12.4 Å². The molecule has 3 rings (SSSR count). The maximum atomic E-state index is 12.2. The highest BCUT2D eigenvalue weighted by molar-refractivity contribution is 6.03. The van der Waals surface area contributed by atoms with E-state index < -0.39 is 0 Å². The second kappa shape index (κ2) is 10.3. The first-order valence-electron chi connectivity index (χ1n) is 9.38. The van der Waals surface area contributed by atoms with Crippen molar-refractivity contribution in [3.05, 3.63) is 42.5 Å². The van der Waals surface area contributed by atoms with Gasteiger partial charge in [0.05, 0.1) is 6.54 Å². The number of rotatable bonds is 6. The van der Waals surface area contributed by atoms with Crippen LogP contribution in [-0.2, 0) is 9.59 Å². The van der Waals surface area contributed by atoms with E-state index in [0.717, 1.165) is 42.4 Å². The largest absolute Gasteiger partial charge is 0.347 e. The number of benzene rings is 2. The van der Waals surface area contributed by atoms with Crippen LogP contribution in [0.15, 0.2) is 42.5 Å². The molecule has 1 saturated heterocycles. The number of fused-ring (bicyclic) bond motifs is 1. The van der Waals surface area contributed by atoms with E-state index in [2.05, 4.69) is 22.9 Å². The number of carbonyl (C=O) groups is 2. The van der Waals surface area contributed by atoms with Crippen LogP contribution in [-0.4, -0.2) is 31.4 Å². The van der Waals surface area contributed by atoms with Gasteiger partial charge in [0.25, 0.3) is 0 Å². The molecule has 0 saturated carbocycles. The first-order chi connectivity index (χ1) is 12.6. The Kier molecular flexibility index (Phi) is 8.07. The molecular weight excluding hydrogens is 362 g/mol. The third-order valence-corrected chi connectivity index (χ3v) is 5.21. The number of carbonyl (C=O) groups excluding carboxylic acids is 2. The zero-order valence-corrected chi connectivity index (χ0v) is 16.5. The van der Waals surface area contributed by atoms with Gasteiger partial charge >= 0.3 is 0 Å². The molecule has 3 N–H and O–H groups in total. The van der Waals surface area contributed by atoms with Crippen molar-refractivity contribution >= 4 is 40.7 Å². The molecule has 0 radical (unpaired) electrons. The van der Waals surface area contributed by atoms with Crippen LogP contribution < -0.4 is 16.0 Å². The van der Waals surface area contributed by atoms with E-state index in [1.807, 2.05) is 42.5 Å². The fourth-order valence-electron chi connectivity index (χ4n) is 3.65. The molecule has 5 nitrogen and oxygen atoms in total. The molecule has 1 heterocycles. The summed E-state index contributed by atoms with van der Waals surface area (Å²) in [7, 11) is 0. The molecule has 1 unspecified atom stereocenters. The van der Waals surface area contributed by atoms with Crippen molar-refractivity contribution < 1.29 is 9.59 Å². The fraction of sp³-hybridized carbons (Fsp3) is 0.429. The Labute approximate surface area is 166 Å². The quantitative estimate of drug-likeness (QED) is 0.709. The van der Waals surface area contributed by atoms with E-state index in [9.17, 15) is 9.59 Å². The summed E-state index contributed by atoms with van der Waals surface area (Å²) in [6.07, 6.45) is 2.72. The number of hydrogen-bond donors (Lipinski definition) is 3. The predicted octanol–water partition coefficient (Wildman–Crippen LogP) is 3.34. The van der Waals surface area contributed by atoms with Crippen LogP contribution in [0, 0.1) is 11.8 Å². The van der Waals surface area contributed by atoms with Crippen molar-refractivity contribution in [1.29, 1.82) is 0 Å². The first-order valence-corrected chi connectivity index (χ1v) is 9.38. The van der Waals surface area contributed by atoms with Crippen molar-refractivity contribution in [3.63, 3.8) is 0 Å². The molecular formula is C21H28ClN3O2. The summed E-state index contributed by atoms with van der Waals surface area (Å²) in [4.78, 5) is 24.4. The third kappa shape index (κ3) is 5.94. The molecule has 6 heteroatoms. The second-order valence-electron chi connectivity index (χ2n) is 7.12. The summed E-state index contributed by atoms with van der Waals surface area (Å²) in [5, 5.41) is 11.1. The number of halogens is 1. The molecule has 1 atom stereocenters. The number of anilines is 1. The van der Waals surface area contributed by atoms with Gasteiger partial charge < -0.3 is 16.0 Å². The molecule has 146 valence electrons. The van der Waals surface area contributed by atoms with Crippen molar-refractivity contribution in [2.45, 2.75) is 26.2 Å². The minimum atomic E-state index is -0.204. The minimum absolute atomic E-state index is 0. The summed E-state index contributed by atoms with van der Waals surface area (Å²) >= 11 is 0. The van der Waals surface area contributed by atoms with Crippen molar-refractivity contribution in [2.75, 3.05) is 25.0 Å². The lowest BCUT2D eigenvalue weighted by Crippen LogP contribution is -2.36. The third-order valence-electron chi connectivity index (χ3n) is 5.21.